The van der Waals surface area contributed by atoms with Gasteiger partial charge in [0.1, 0.15) is 17.4 Å². The van der Waals surface area contributed by atoms with E-state index in [0.29, 0.717) is 29.2 Å². The van der Waals surface area contributed by atoms with Crippen molar-refractivity contribution in [3.63, 3.8) is 0 Å². The van der Waals surface area contributed by atoms with Gasteiger partial charge in [-0.05, 0) is 6.92 Å². The van der Waals surface area contributed by atoms with Crippen molar-refractivity contribution in [2.24, 2.45) is 0 Å². The molecular weight excluding hydrogens is 318 g/mol. The average molecular weight is 337 g/mol. The number of hydrogen-bond donors (Lipinski definition) is 4. The molecular formula is C14H19N5O3S. The number of fused-ring (bicyclic) bond motifs is 1. The van der Waals surface area contributed by atoms with Crippen LogP contribution in [0.15, 0.2) is 18.5 Å². The zero-order chi connectivity index (χ0) is 16.6. The number of hydrogen-bond acceptors (Lipinski definition) is 8. The van der Waals surface area contributed by atoms with Gasteiger partial charge in [-0.1, -0.05) is 12.2 Å². The summed E-state index contributed by atoms with van der Waals surface area (Å²) >= 11 is 4.40. The van der Waals surface area contributed by atoms with Gasteiger partial charge >= 0.3 is 0 Å². The van der Waals surface area contributed by atoms with Crippen LogP contribution in [0.4, 0.5) is 5.82 Å². The first kappa shape index (κ1) is 16.2. The van der Waals surface area contributed by atoms with Gasteiger partial charge in [-0.25, -0.2) is 15.0 Å². The molecule has 124 valence electrons. The molecule has 1 saturated heterocycles. The van der Waals surface area contributed by atoms with E-state index in [1.165, 1.54) is 6.33 Å². The minimum Gasteiger partial charge on any atom is -0.394 e. The molecule has 1 aliphatic heterocycles. The van der Waals surface area contributed by atoms with Crippen molar-refractivity contribution in [3.05, 3.63) is 24.3 Å². The van der Waals surface area contributed by atoms with Crippen LogP contribution in [0.3, 0.4) is 0 Å². The van der Waals surface area contributed by atoms with E-state index in [9.17, 15) is 10.2 Å². The van der Waals surface area contributed by atoms with Gasteiger partial charge < -0.3 is 20.7 Å². The van der Waals surface area contributed by atoms with E-state index in [1.54, 1.807) is 4.57 Å². The van der Waals surface area contributed by atoms with Crippen molar-refractivity contribution in [1.82, 2.24) is 19.5 Å². The maximum Gasteiger partial charge on any atom is 0.167 e. The summed E-state index contributed by atoms with van der Waals surface area (Å²) in [4.78, 5) is 13.0. The highest BCUT2D eigenvalue weighted by Gasteiger charge is 2.43. The maximum atomic E-state index is 10.1. The van der Waals surface area contributed by atoms with Gasteiger partial charge in [0.25, 0.3) is 0 Å². The fraction of sp³-hybridized carbons (Fsp3) is 0.500. The van der Waals surface area contributed by atoms with Gasteiger partial charge in [0.05, 0.1) is 24.3 Å². The van der Waals surface area contributed by atoms with Crippen LogP contribution in [0.5, 0.6) is 0 Å². The van der Waals surface area contributed by atoms with Crippen LogP contribution in [0.2, 0.25) is 0 Å². The number of anilines is 1. The molecule has 0 saturated carbocycles. The molecule has 0 aliphatic carbocycles. The van der Waals surface area contributed by atoms with E-state index in [-0.39, 0.29) is 6.61 Å². The Labute approximate surface area is 138 Å². The minimum absolute atomic E-state index is 0.287. The molecule has 3 heterocycles. The molecule has 1 aliphatic rings. The number of rotatable bonds is 4. The molecule has 4 N–H and O–H groups in total. The van der Waals surface area contributed by atoms with Crippen LogP contribution in [-0.4, -0.2) is 53.8 Å². The summed E-state index contributed by atoms with van der Waals surface area (Å²) in [6, 6.07) is 0. The molecule has 0 unspecified atom stereocenters. The summed E-state index contributed by atoms with van der Waals surface area (Å²) in [6.45, 7) is 1.63. The third-order valence-electron chi connectivity index (χ3n) is 3.82. The highest BCUT2D eigenvalue weighted by Crippen LogP contribution is 2.35. The number of aromatic nitrogens is 4. The van der Waals surface area contributed by atoms with Crippen LogP contribution >= 0.6 is 12.6 Å². The molecule has 3 rings (SSSR count). The maximum absolute atomic E-state index is 10.1. The molecule has 23 heavy (non-hydrogen) atoms. The second kappa shape index (κ2) is 6.44. The normalized spacial score (nSPS) is 28.2. The monoisotopic (exact) mass is 337 g/mol. The topological polar surface area (TPSA) is 119 Å². The number of nitrogen functional groups attached to an aromatic ring is 1. The number of aliphatic hydroxyl groups excluding tert-OH is 2. The van der Waals surface area contributed by atoms with E-state index in [4.69, 9.17) is 10.5 Å². The number of imidazole rings is 1. The predicted octanol–water partition coefficient (Wildman–Crippen LogP) is 0.0761. The lowest BCUT2D eigenvalue weighted by molar-refractivity contribution is -0.0430. The Morgan fingerprint density at radius 3 is 2.91 bits per heavy atom. The Kier molecular flexibility index (Phi) is 4.53. The summed E-state index contributed by atoms with van der Waals surface area (Å²) < 4.78 is 7.35. The van der Waals surface area contributed by atoms with Crippen molar-refractivity contribution in [2.45, 2.75) is 37.0 Å². The van der Waals surface area contributed by atoms with Crippen molar-refractivity contribution >= 4 is 29.6 Å². The number of allylic oxidation sites excluding steroid dienone is 2. The van der Waals surface area contributed by atoms with Gasteiger partial charge in [0.15, 0.2) is 17.7 Å². The zero-order valence-corrected chi connectivity index (χ0v) is 13.5. The number of nitrogens with zero attached hydrogens (tertiary/aromatic N) is 4. The second-order valence-corrected chi connectivity index (χ2v) is 5.95. The third kappa shape index (κ3) is 2.80. The fourth-order valence-corrected chi connectivity index (χ4v) is 3.00. The van der Waals surface area contributed by atoms with Crippen LogP contribution < -0.4 is 5.73 Å². The van der Waals surface area contributed by atoms with E-state index in [1.807, 2.05) is 19.1 Å². The lowest BCUT2D eigenvalue weighted by Crippen LogP contribution is -2.30. The highest BCUT2D eigenvalue weighted by molar-refractivity contribution is 7.81. The molecule has 2 aromatic rings. The van der Waals surface area contributed by atoms with Crippen molar-refractivity contribution in [3.8, 4) is 0 Å². The molecule has 0 aromatic carbocycles. The molecule has 4 atom stereocenters. The predicted molar refractivity (Wildman–Crippen MR) is 88.0 cm³/mol. The van der Waals surface area contributed by atoms with Crippen LogP contribution in [0.25, 0.3) is 11.2 Å². The molecule has 9 heteroatoms. The second-order valence-electron chi connectivity index (χ2n) is 5.35. The molecule has 0 radical (unpaired) electrons. The lowest BCUT2D eigenvalue weighted by Gasteiger charge is -2.17. The average Bonchev–Trinajstić information content (AvgIpc) is 3.08. The quantitative estimate of drug-likeness (QED) is 0.460. The summed E-state index contributed by atoms with van der Waals surface area (Å²) in [6.07, 6.45) is 3.76. The first-order valence-corrected chi connectivity index (χ1v) is 7.81. The van der Waals surface area contributed by atoms with Crippen LogP contribution in [-0.2, 0) is 11.2 Å². The van der Waals surface area contributed by atoms with E-state index in [0.717, 1.165) is 0 Å². The number of thiol groups is 1. The van der Waals surface area contributed by atoms with Crippen LogP contribution in [0, 0.1) is 0 Å². The highest BCUT2D eigenvalue weighted by atomic mass is 32.1. The first-order valence-electron chi connectivity index (χ1n) is 7.29. The van der Waals surface area contributed by atoms with E-state index in [2.05, 4.69) is 27.6 Å². The number of nitrogens with two attached hydrogens (primary N) is 1. The van der Waals surface area contributed by atoms with Crippen molar-refractivity contribution < 1.29 is 14.9 Å². The van der Waals surface area contributed by atoms with Gasteiger partial charge in [-0.3, -0.25) is 4.57 Å². The van der Waals surface area contributed by atoms with Gasteiger partial charge in [-0.15, -0.1) is 0 Å². The minimum atomic E-state index is -0.882. The molecule has 0 spiro atoms. The molecule has 2 aromatic heterocycles. The Balaban J connectivity index is 2.03. The van der Waals surface area contributed by atoms with Gasteiger partial charge in [-0.2, -0.15) is 12.6 Å². The standard InChI is InChI=1S/C14H19N5O3S/c1-2-3-4-8-17-12(15)9-13(18-8)19(6-16-9)14-11(23)10(21)7(5-20)22-14/h2-3,6-7,10-11,14,20-21,23H,4-5H2,1H3,(H2,15,17,18)/t7-,10-,11-,14-/m1/s1. The smallest absolute Gasteiger partial charge is 0.167 e. The Morgan fingerprint density at radius 1 is 1.48 bits per heavy atom. The summed E-state index contributed by atoms with van der Waals surface area (Å²) in [5.74, 6) is 0.865. The summed E-state index contributed by atoms with van der Waals surface area (Å²) in [5.41, 5.74) is 6.95. The molecule has 0 bridgehead atoms. The molecule has 0 amide bonds. The molecule has 8 nitrogen and oxygen atoms in total. The van der Waals surface area contributed by atoms with E-state index < -0.39 is 23.7 Å². The third-order valence-corrected chi connectivity index (χ3v) is 4.38. The Morgan fingerprint density at radius 2 is 2.26 bits per heavy atom. The SMILES string of the molecule is CC=CCc1nc(N)c2ncn([C@@H]3O[C@H](CO)[C@@H](O)[C@H]3S)c2n1. The number of aliphatic hydroxyl groups is 2. The van der Waals surface area contributed by atoms with Gasteiger partial charge in [0, 0.05) is 6.42 Å². The summed E-state index contributed by atoms with van der Waals surface area (Å²) in [5, 5.41) is 18.8. The van der Waals surface area contributed by atoms with Crippen LogP contribution in [0.1, 0.15) is 19.0 Å². The largest absolute Gasteiger partial charge is 0.394 e. The van der Waals surface area contributed by atoms with Gasteiger partial charge in [0.2, 0.25) is 0 Å². The fourth-order valence-electron chi connectivity index (χ4n) is 2.60. The lowest BCUT2D eigenvalue weighted by atomic mass is 10.2. The zero-order valence-electron chi connectivity index (χ0n) is 12.6. The number of ether oxygens (including phenoxy) is 1. The molecule has 1 fully saturated rings. The van der Waals surface area contributed by atoms with E-state index >= 15 is 0 Å². The Bertz CT molecular complexity index is 735. The summed E-state index contributed by atoms with van der Waals surface area (Å²) in [7, 11) is 0. The van der Waals surface area contributed by atoms with Crippen molar-refractivity contribution in [2.75, 3.05) is 12.3 Å². The first-order chi connectivity index (χ1) is 11.1. The Hall–Kier alpha value is -1.68. The van der Waals surface area contributed by atoms with Crippen molar-refractivity contribution in [1.29, 1.82) is 0 Å².